The molecule has 2 aromatic carbocycles. The summed E-state index contributed by atoms with van der Waals surface area (Å²) in [5.74, 6) is 1.05. The molecule has 1 amide bonds. The average molecular weight is 367 g/mol. The highest BCUT2D eigenvalue weighted by molar-refractivity contribution is 5.91. The molecule has 0 unspecified atom stereocenters. The Hall–Kier alpha value is -2.82. The van der Waals surface area contributed by atoms with Crippen molar-refractivity contribution in [2.45, 2.75) is 38.6 Å². The molecule has 0 saturated heterocycles. The number of hydrogen-bond donors (Lipinski definition) is 1. The molecule has 1 saturated carbocycles. The summed E-state index contributed by atoms with van der Waals surface area (Å²) in [7, 11) is 0. The van der Waals surface area contributed by atoms with Crippen molar-refractivity contribution in [3.63, 3.8) is 0 Å². The number of ether oxygens (including phenoxy) is 2. The minimum atomic E-state index is -0.520. The number of nitrogens with one attached hydrogen (secondary N) is 1. The molecule has 1 N–H and O–H groups in total. The van der Waals surface area contributed by atoms with Gasteiger partial charge < -0.3 is 14.8 Å². The summed E-state index contributed by atoms with van der Waals surface area (Å²) in [6.45, 7) is 1.89. The van der Waals surface area contributed by atoms with E-state index in [1.54, 1.807) is 24.3 Å². The van der Waals surface area contributed by atoms with Crippen LogP contribution in [0.1, 0.15) is 43.0 Å². The van der Waals surface area contributed by atoms with Crippen molar-refractivity contribution < 1.29 is 19.1 Å². The fraction of sp³-hybridized carbons (Fsp3) is 0.364. The van der Waals surface area contributed by atoms with Gasteiger partial charge in [0, 0.05) is 6.04 Å². The van der Waals surface area contributed by atoms with Crippen molar-refractivity contribution in [3.05, 3.63) is 60.2 Å². The van der Waals surface area contributed by atoms with Gasteiger partial charge in [0.25, 0.3) is 5.91 Å². The Labute approximate surface area is 159 Å². The lowest BCUT2D eigenvalue weighted by molar-refractivity contribution is -0.125. The molecular formula is C22H25NO4. The molecule has 0 aromatic heterocycles. The van der Waals surface area contributed by atoms with E-state index in [1.165, 1.54) is 6.42 Å². The fourth-order valence-electron chi connectivity index (χ4n) is 3.28. The van der Waals surface area contributed by atoms with Gasteiger partial charge >= 0.3 is 5.97 Å². The molecule has 1 aliphatic rings. The molecule has 1 fully saturated rings. The molecule has 0 aliphatic heterocycles. The number of para-hydroxylation sites is 1. The first kappa shape index (κ1) is 19.0. The van der Waals surface area contributed by atoms with Crippen LogP contribution in [0.5, 0.6) is 11.5 Å². The third kappa shape index (κ3) is 5.58. The van der Waals surface area contributed by atoms with Crippen LogP contribution in [0, 0.1) is 5.92 Å². The topological polar surface area (TPSA) is 64.6 Å². The summed E-state index contributed by atoms with van der Waals surface area (Å²) in [5.41, 5.74) is 0.384. The van der Waals surface area contributed by atoms with Crippen LogP contribution < -0.4 is 10.1 Å². The van der Waals surface area contributed by atoms with E-state index in [9.17, 15) is 9.59 Å². The SMILES string of the molecule is C[C@@H]1CCCC[C@H]1NC(=O)COC(=O)c1ccc(Oc2ccccc2)cc1. The minimum Gasteiger partial charge on any atom is -0.457 e. The Balaban J connectivity index is 1.47. The standard InChI is InChI=1S/C22H25NO4/c1-16-7-5-6-10-20(16)23-21(24)15-26-22(25)17-11-13-19(14-12-17)27-18-8-3-2-4-9-18/h2-4,8-9,11-14,16,20H,5-7,10,15H2,1H3,(H,23,24)/t16-,20-/m1/s1. The second kappa shape index (κ2) is 9.21. The van der Waals surface area contributed by atoms with E-state index in [2.05, 4.69) is 12.2 Å². The van der Waals surface area contributed by atoms with Gasteiger partial charge in [-0.1, -0.05) is 38.0 Å². The summed E-state index contributed by atoms with van der Waals surface area (Å²) in [6.07, 6.45) is 4.46. The number of rotatable bonds is 6. The van der Waals surface area contributed by atoms with Gasteiger partial charge in [0.05, 0.1) is 5.56 Å². The Morgan fingerprint density at radius 2 is 1.63 bits per heavy atom. The van der Waals surface area contributed by atoms with Crippen LogP contribution in [0.4, 0.5) is 0 Å². The van der Waals surface area contributed by atoms with Gasteiger partial charge in [0.1, 0.15) is 11.5 Å². The highest BCUT2D eigenvalue weighted by atomic mass is 16.5. The van der Waals surface area contributed by atoms with Crippen LogP contribution >= 0.6 is 0 Å². The van der Waals surface area contributed by atoms with Crippen molar-refractivity contribution in [2.24, 2.45) is 5.92 Å². The van der Waals surface area contributed by atoms with E-state index in [-0.39, 0.29) is 18.6 Å². The first-order valence-corrected chi connectivity index (χ1v) is 9.41. The summed E-state index contributed by atoms with van der Waals surface area (Å²) in [4.78, 5) is 24.2. The van der Waals surface area contributed by atoms with E-state index >= 15 is 0 Å². The number of amides is 1. The zero-order valence-electron chi connectivity index (χ0n) is 15.5. The smallest absolute Gasteiger partial charge is 0.338 e. The fourth-order valence-corrected chi connectivity index (χ4v) is 3.28. The largest absolute Gasteiger partial charge is 0.457 e. The Kier molecular flexibility index (Phi) is 6.47. The summed E-state index contributed by atoms with van der Waals surface area (Å²) >= 11 is 0. The highest BCUT2D eigenvalue weighted by Gasteiger charge is 2.23. The minimum absolute atomic E-state index is 0.180. The normalized spacial score (nSPS) is 19.1. The van der Waals surface area contributed by atoms with Crippen LogP contribution in [0.25, 0.3) is 0 Å². The van der Waals surface area contributed by atoms with E-state index in [0.29, 0.717) is 17.2 Å². The lowest BCUT2D eigenvalue weighted by Crippen LogP contribution is -2.42. The first-order chi connectivity index (χ1) is 13.1. The van der Waals surface area contributed by atoms with Crippen molar-refractivity contribution in [1.82, 2.24) is 5.32 Å². The van der Waals surface area contributed by atoms with Crippen molar-refractivity contribution in [3.8, 4) is 11.5 Å². The van der Waals surface area contributed by atoms with Gasteiger partial charge in [-0.15, -0.1) is 0 Å². The second-order valence-electron chi connectivity index (χ2n) is 6.95. The third-order valence-electron chi connectivity index (χ3n) is 4.86. The second-order valence-corrected chi connectivity index (χ2v) is 6.95. The van der Waals surface area contributed by atoms with Crippen LogP contribution in [0.3, 0.4) is 0 Å². The molecule has 2 atom stereocenters. The molecule has 0 heterocycles. The Bertz CT molecular complexity index is 758. The molecule has 0 spiro atoms. The average Bonchev–Trinajstić information content (AvgIpc) is 2.69. The van der Waals surface area contributed by atoms with Crippen LogP contribution in [0.15, 0.2) is 54.6 Å². The number of carbonyl (C=O) groups excluding carboxylic acids is 2. The van der Waals surface area contributed by atoms with E-state index in [1.807, 2.05) is 30.3 Å². The molecule has 5 nitrogen and oxygen atoms in total. The van der Waals surface area contributed by atoms with Gasteiger partial charge in [-0.25, -0.2) is 4.79 Å². The quantitative estimate of drug-likeness (QED) is 0.772. The lowest BCUT2D eigenvalue weighted by atomic mass is 9.86. The monoisotopic (exact) mass is 367 g/mol. The molecule has 0 radical (unpaired) electrons. The van der Waals surface area contributed by atoms with Crippen LogP contribution in [-0.2, 0) is 9.53 Å². The van der Waals surface area contributed by atoms with Gasteiger partial charge in [0.2, 0.25) is 0 Å². The van der Waals surface area contributed by atoms with Crippen molar-refractivity contribution >= 4 is 11.9 Å². The van der Waals surface area contributed by atoms with Crippen LogP contribution in [0.2, 0.25) is 0 Å². The summed E-state index contributed by atoms with van der Waals surface area (Å²) in [6, 6.07) is 16.2. The van der Waals surface area contributed by atoms with Gasteiger partial charge in [-0.05, 0) is 55.2 Å². The number of esters is 1. The van der Waals surface area contributed by atoms with Gasteiger partial charge in [-0.3, -0.25) is 4.79 Å². The Morgan fingerprint density at radius 1 is 0.963 bits per heavy atom. The maximum Gasteiger partial charge on any atom is 0.338 e. The van der Waals surface area contributed by atoms with E-state index in [0.717, 1.165) is 25.0 Å². The predicted octanol–water partition coefficient (Wildman–Crippen LogP) is 4.33. The van der Waals surface area contributed by atoms with Gasteiger partial charge in [-0.2, -0.15) is 0 Å². The molecule has 3 rings (SSSR count). The molecule has 27 heavy (non-hydrogen) atoms. The van der Waals surface area contributed by atoms with E-state index < -0.39 is 5.97 Å². The molecule has 5 heteroatoms. The Morgan fingerprint density at radius 3 is 2.33 bits per heavy atom. The molecule has 1 aliphatic carbocycles. The van der Waals surface area contributed by atoms with E-state index in [4.69, 9.17) is 9.47 Å². The van der Waals surface area contributed by atoms with Gasteiger partial charge in [0.15, 0.2) is 6.61 Å². The summed E-state index contributed by atoms with van der Waals surface area (Å²) in [5, 5.41) is 2.98. The number of benzene rings is 2. The zero-order valence-corrected chi connectivity index (χ0v) is 15.5. The molecular weight excluding hydrogens is 342 g/mol. The number of hydrogen-bond acceptors (Lipinski definition) is 4. The zero-order chi connectivity index (χ0) is 19.1. The van der Waals surface area contributed by atoms with Crippen molar-refractivity contribution in [1.29, 1.82) is 0 Å². The maximum absolute atomic E-state index is 12.1. The molecule has 2 aromatic rings. The highest BCUT2D eigenvalue weighted by Crippen LogP contribution is 2.24. The molecule has 142 valence electrons. The predicted molar refractivity (Wildman–Crippen MR) is 103 cm³/mol. The van der Waals surface area contributed by atoms with Crippen molar-refractivity contribution in [2.75, 3.05) is 6.61 Å². The summed E-state index contributed by atoms with van der Waals surface area (Å²) < 4.78 is 10.8. The van der Waals surface area contributed by atoms with Crippen LogP contribution in [-0.4, -0.2) is 24.5 Å². The number of carbonyl (C=O) groups is 2. The lowest BCUT2D eigenvalue weighted by Gasteiger charge is -2.29. The first-order valence-electron chi connectivity index (χ1n) is 9.41. The maximum atomic E-state index is 12.1. The third-order valence-corrected chi connectivity index (χ3v) is 4.86. The molecule has 0 bridgehead atoms.